The molecule has 2 rings (SSSR count). The number of rotatable bonds is 2. The maximum absolute atomic E-state index is 10.1. The molecule has 0 spiro atoms. The van der Waals surface area contributed by atoms with Crippen LogP contribution in [0.25, 0.3) is 0 Å². The Morgan fingerprint density at radius 1 is 1.20 bits per heavy atom. The van der Waals surface area contributed by atoms with E-state index in [1.54, 1.807) is 6.08 Å². The predicted molar refractivity (Wildman–Crippen MR) is 59.5 cm³/mol. The molecule has 3 heteroatoms. The van der Waals surface area contributed by atoms with Gasteiger partial charge in [-0.05, 0) is 31.1 Å². The first kappa shape index (κ1) is 10.8. The van der Waals surface area contributed by atoms with Crippen molar-refractivity contribution in [2.75, 3.05) is 13.1 Å². The van der Waals surface area contributed by atoms with Crippen LogP contribution >= 0.6 is 0 Å². The largest absolute Gasteiger partial charge is 0.299 e. The molecule has 0 bridgehead atoms. The lowest BCUT2D eigenvalue weighted by atomic mass is 9.80. The first-order valence-corrected chi connectivity index (χ1v) is 5.92. The third-order valence-corrected chi connectivity index (χ3v) is 3.68. The van der Waals surface area contributed by atoms with Crippen LogP contribution in [0.2, 0.25) is 0 Å². The van der Waals surface area contributed by atoms with Crippen molar-refractivity contribution < 1.29 is 4.79 Å². The van der Waals surface area contributed by atoms with Gasteiger partial charge in [0.25, 0.3) is 0 Å². The van der Waals surface area contributed by atoms with Gasteiger partial charge in [0.1, 0.15) is 0 Å². The third kappa shape index (κ3) is 2.47. The lowest BCUT2D eigenvalue weighted by Crippen LogP contribution is -2.57. The number of likely N-dealkylation sites (tertiary alicyclic amines) is 1. The molecule has 0 radical (unpaired) electrons. The molecule has 0 aromatic rings. The second kappa shape index (κ2) is 4.07. The zero-order valence-corrected chi connectivity index (χ0v) is 9.70. The molecule has 1 aliphatic carbocycles. The zero-order valence-electron chi connectivity index (χ0n) is 9.70. The number of carbonyl (C=O) groups excluding carboxylic acids is 1. The van der Waals surface area contributed by atoms with Gasteiger partial charge in [-0.3, -0.25) is 4.90 Å². The van der Waals surface area contributed by atoms with Crippen molar-refractivity contribution in [1.82, 2.24) is 4.90 Å². The van der Waals surface area contributed by atoms with E-state index in [1.807, 2.05) is 0 Å². The van der Waals surface area contributed by atoms with Crippen LogP contribution in [-0.2, 0) is 4.79 Å². The van der Waals surface area contributed by atoms with Crippen molar-refractivity contribution in [2.24, 2.45) is 10.4 Å². The van der Waals surface area contributed by atoms with E-state index in [0.29, 0.717) is 5.41 Å². The Kier molecular flexibility index (Phi) is 2.94. The molecular formula is C12H20N2O. The van der Waals surface area contributed by atoms with Crippen LogP contribution < -0.4 is 0 Å². The maximum Gasteiger partial charge on any atom is 0.235 e. The topological polar surface area (TPSA) is 32.7 Å². The predicted octanol–water partition coefficient (Wildman–Crippen LogP) is 1.98. The summed E-state index contributed by atoms with van der Waals surface area (Å²) < 4.78 is 0. The Morgan fingerprint density at radius 3 is 2.27 bits per heavy atom. The highest BCUT2D eigenvalue weighted by Crippen LogP contribution is 2.35. The van der Waals surface area contributed by atoms with E-state index >= 15 is 0 Å². The second-order valence-electron chi connectivity index (χ2n) is 5.75. The second-order valence-corrected chi connectivity index (χ2v) is 5.75. The molecule has 1 aliphatic heterocycles. The van der Waals surface area contributed by atoms with Gasteiger partial charge < -0.3 is 0 Å². The number of isocyanates is 1. The molecule has 0 aromatic carbocycles. The van der Waals surface area contributed by atoms with Crippen molar-refractivity contribution in [3.63, 3.8) is 0 Å². The molecule has 1 saturated carbocycles. The highest BCUT2D eigenvalue weighted by Gasteiger charge is 2.39. The minimum atomic E-state index is 0.257. The highest BCUT2D eigenvalue weighted by atomic mass is 16.1. The lowest BCUT2D eigenvalue weighted by Gasteiger charge is -2.51. The quantitative estimate of drug-likeness (QED) is 0.513. The molecule has 0 aromatic heterocycles. The average Bonchev–Trinajstić information content (AvgIpc) is 2.16. The van der Waals surface area contributed by atoms with Gasteiger partial charge in [-0.2, -0.15) is 0 Å². The summed E-state index contributed by atoms with van der Waals surface area (Å²) in [7, 11) is 0. The summed E-state index contributed by atoms with van der Waals surface area (Å²) in [5.41, 5.74) is 0.526. The van der Waals surface area contributed by atoms with Crippen LogP contribution in [-0.4, -0.2) is 36.2 Å². The van der Waals surface area contributed by atoms with Gasteiger partial charge in [0.15, 0.2) is 0 Å². The summed E-state index contributed by atoms with van der Waals surface area (Å²) in [4.78, 5) is 16.5. The van der Waals surface area contributed by atoms with Crippen molar-refractivity contribution in [1.29, 1.82) is 0 Å². The minimum Gasteiger partial charge on any atom is -0.299 e. The SMILES string of the molecule is CC1(C)CN(C2CCC(N=C=O)CC2)C1. The van der Waals surface area contributed by atoms with E-state index in [4.69, 9.17) is 0 Å². The molecule has 3 nitrogen and oxygen atoms in total. The van der Waals surface area contributed by atoms with E-state index < -0.39 is 0 Å². The summed E-state index contributed by atoms with van der Waals surface area (Å²) >= 11 is 0. The van der Waals surface area contributed by atoms with Crippen molar-refractivity contribution >= 4 is 6.08 Å². The Labute approximate surface area is 91.6 Å². The van der Waals surface area contributed by atoms with E-state index in [9.17, 15) is 4.79 Å². The summed E-state index contributed by atoms with van der Waals surface area (Å²) in [5.74, 6) is 0. The van der Waals surface area contributed by atoms with E-state index in [-0.39, 0.29) is 6.04 Å². The fourth-order valence-electron chi connectivity index (χ4n) is 2.94. The number of aliphatic imine (C=N–C) groups is 1. The van der Waals surface area contributed by atoms with Gasteiger partial charge in [-0.25, -0.2) is 9.79 Å². The standard InChI is InChI=1S/C12H20N2O/c1-12(2)7-14(8-12)11-5-3-10(4-6-11)13-9-15/h10-11H,3-8H2,1-2H3. The number of hydrogen-bond donors (Lipinski definition) is 0. The van der Waals surface area contributed by atoms with Crippen LogP contribution in [0.15, 0.2) is 4.99 Å². The van der Waals surface area contributed by atoms with Crippen LogP contribution in [0.1, 0.15) is 39.5 Å². The van der Waals surface area contributed by atoms with Crippen molar-refractivity contribution in [2.45, 2.75) is 51.6 Å². The van der Waals surface area contributed by atoms with Crippen LogP contribution in [0, 0.1) is 5.41 Å². The van der Waals surface area contributed by atoms with Gasteiger partial charge in [0.2, 0.25) is 6.08 Å². The van der Waals surface area contributed by atoms with Crippen LogP contribution in [0.5, 0.6) is 0 Å². The normalized spacial score (nSPS) is 35.3. The highest BCUT2D eigenvalue weighted by molar-refractivity contribution is 5.33. The van der Waals surface area contributed by atoms with Crippen molar-refractivity contribution in [3.8, 4) is 0 Å². The van der Waals surface area contributed by atoms with E-state index in [2.05, 4.69) is 23.7 Å². The Hall–Kier alpha value is -0.660. The van der Waals surface area contributed by atoms with Crippen molar-refractivity contribution in [3.05, 3.63) is 0 Å². The zero-order chi connectivity index (χ0) is 10.9. The number of hydrogen-bond acceptors (Lipinski definition) is 3. The van der Waals surface area contributed by atoms with Gasteiger partial charge in [-0.15, -0.1) is 0 Å². The Balaban J connectivity index is 1.77. The van der Waals surface area contributed by atoms with Gasteiger partial charge >= 0.3 is 0 Å². The molecule has 15 heavy (non-hydrogen) atoms. The summed E-state index contributed by atoms with van der Waals surface area (Å²) in [6.07, 6.45) is 6.22. The molecule has 2 aliphatic rings. The molecule has 1 heterocycles. The summed E-state index contributed by atoms with van der Waals surface area (Å²) in [6.45, 7) is 7.12. The summed E-state index contributed by atoms with van der Waals surface area (Å²) in [5, 5.41) is 0. The first-order valence-electron chi connectivity index (χ1n) is 5.92. The molecule has 0 amide bonds. The molecule has 2 fully saturated rings. The van der Waals surface area contributed by atoms with Crippen LogP contribution in [0.4, 0.5) is 0 Å². The van der Waals surface area contributed by atoms with E-state index in [1.165, 1.54) is 25.9 Å². The van der Waals surface area contributed by atoms with Crippen LogP contribution in [0.3, 0.4) is 0 Å². The van der Waals surface area contributed by atoms with Gasteiger partial charge in [0.05, 0.1) is 6.04 Å². The Morgan fingerprint density at radius 2 is 1.80 bits per heavy atom. The fraction of sp³-hybridized carbons (Fsp3) is 0.917. The minimum absolute atomic E-state index is 0.257. The molecule has 1 saturated heterocycles. The lowest BCUT2D eigenvalue weighted by molar-refractivity contribution is -0.0189. The monoisotopic (exact) mass is 208 g/mol. The van der Waals surface area contributed by atoms with Gasteiger partial charge in [-0.1, -0.05) is 13.8 Å². The molecule has 84 valence electrons. The molecule has 0 unspecified atom stereocenters. The Bertz CT molecular complexity index is 265. The molecule has 0 N–H and O–H groups in total. The first-order chi connectivity index (χ1) is 7.11. The third-order valence-electron chi connectivity index (χ3n) is 3.68. The smallest absolute Gasteiger partial charge is 0.235 e. The molecular weight excluding hydrogens is 188 g/mol. The fourth-order valence-corrected chi connectivity index (χ4v) is 2.94. The number of nitrogens with zero attached hydrogens (tertiary/aromatic N) is 2. The van der Waals surface area contributed by atoms with Gasteiger partial charge in [0, 0.05) is 19.1 Å². The van der Waals surface area contributed by atoms with E-state index in [0.717, 1.165) is 18.9 Å². The molecule has 0 atom stereocenters. The maximum atomic E-state index is 10.1. The summed E-state index contributed by atoms with van der Waals surface area (Å²) in [6, 6.07) is 1.00. The average molecular weight is 208 g/mol.